The fraction of sp³-hybridized carbons (Fsp3) is 0.618. The predicted molar refractivity (Wildman–Crippen MR) is 178 cm³/mol. The molecule has 11 heteroatoms. The first kappa shape index (κ1) is 41.3. The molecule has 0 saturated heterocycles. The normalized spacial score (nSPS) is 11.2. The van der Waals surface area contributed by atoms with Crippen LogP contribution in [0.5, 0.6) is 5.75 Å². The number of likely N-dealkylation sites (N-methyl/N-ethyl adjacent to an activating group) is 2. The smallest absolute Gasteiger partial charge is 0.407 e. The molecule has 0 radical (unpaired) electrons. The molecule has 1 atom stereocenters. The molecule has 0 fully saturated rings. The monoisotopic (exact) mass is 632 g/mol. The van der Waals surface area contributed by atoms with E-state index < -0.39 is 17.6 Å². The van der Waals surface area contributed by atoms with Gasteiger partial charge in [-0.25, -0.2) is 4.79 Å². The number of rotatable bonds is 21. The largest absolute Gasteiger partial charge is 0.486 e. The van der Waals surface area contributed by atoms with Crippen molar-refractivity contribution in [2.45, 2.75) is 96.6 Å². The van der Waals surface area contributed by atoms with E-state index in [2.05, 4.69) is 22.5 Å². The highest BCUT2D eigenvalue weighted by Gasteiger charge is 2.27. The summed E-state index contributed by atoms with van der Waals surface area (Å²) >= 11 is 0. The lowest BCUT2D eigenvalue weighted by Gasteiger charge is -2.27. The Hall–Kier alpha value is -3.73. The van der Waals surface area contributed by atoms with E-state index in [-0.39, 0.29) is 29.7 Å². The van der Waals surface area contributed by atoms with Gasteiger partial charge in [0.1, 0.15) is 24.0 Å². The molecule has 1 unspecified atom stereocenters. The molecule has 0 heterocycles. The molecule has 0 aromatic heterocycles. The molecular weight excluding hydrogens is 576 g/mol. The van der Waals surface area contributed by atoms with E-state index >= 15 is 0 Å². The third kappa shape index (κ3) is 19.3. The Morgan fingerprint density at radius 2 is 1.56 bits per heavy atom. The summed E-state index contributed by atoms with van der Waals surface area (Å²) < 4.78 is 10.3. The second-order valence-corrected chi connectivity index (χ2v) is 11.6. The zero-order valence-electron chi connectivity index (χ0n) is 28.2. The van der Waals surface area contributed by atoms with E-state index in [0.717, 1.165) is 19.5 Å². The number of amides is 3. The van der Waals surface area contributed by atoms with Crippen LogP contribution >= 0.6 is 0 Å². The van der Waals surface area contributed by atoms with Gasteiger partial charge in [-0.3, -0.25) is 19.2 Å². The topological polar surface area (TPSA) is 143 Å². The van der Waals surface area contributed by atoms with Crippen molar-refractivity contribution in [2.24, 2.45) is 0 Å². The van der Waals surface area contributed by atoms with Crippen molar-refractivity contribution in [2.75, 3.05) is 40.8 Å². The van der Waals surface area contributed by atoms with E-state index in [9.17, 15) is 24.0 Å². The van der Waals surface area contributed by atoms with Crippen molar-refractivity contribution in [3.05, 3.63) is 42.0 Å². The van der Waals surface area contributed by atoms with E-state index in [4.69, 9.17) is 9.47 Å². The molecular formula is C34H56N4O7. The van der Waals surface area contributed by atoms with Gasteiger partial charge in [-0.15, -0.1) is 6.58 Å². The van der Waals surface area contributed by atoms with Gasteiger partial charge in [0.15, 0.2) is 12.6 Å². The summed E-state index contributed by atoms with van der Waals surface area (Å²) in [6.07, 6.45) is 13.6. The van der Waals surface area contributed by atoms with Gasteiger partial charge in [0.2, 0.25) is 5.91 Å². The summed E-state index contributed by atoms with van der Waals surface area (Å²) in [6, 6.07) is 3.64. The molecule has 3 N–H and O–H groups in total. The summed E-state index contributed by atoms with van der Waals surface area (Å²) in [5.41, 5.74) is -0.125. The number of nitrogens with zero attached hydrogens (tertiary/aromatic N) is 1. The number of ether oxygens (including phenoxy) is 2. The SMILES string of the molecule is C=CCCC(C(=O)NC)N(C)C(=O)c1ccc(OCC=O)cc1C=O.CNCCCCCCCCCCNC(=O)OC(C)(C)C. The molecule has 11 nitrogen and oxygen atoms in total. The lowest BCUT2D eigenvalue weighted by molar-refractivity contribution is -0.125. The molecule has 0 saturated carbocycles. The third-order valence-corrected chi connectivity index (χ3v) is 6.70. The van der Waals surface area contributed by atoms with Crippen LogP contribution in [0.15, 0.2) is 30.9 Å². The standard InChI is InChI=1S/C18H22N2O5.C16H34N2O2/c1-4-5-6-16(17(23)19-2)20(3)18(24)15-8-7-14(25-10-9-21)11-13(15)12-22;1-16(2,3)20-15(19)18-14-12-10-8-6-5-7-9-11-13-17-4/h4,7-9,11-12,16H,1,5-6,10H2,2-3H3,(H,19,23);17H,5-14H2,1-4H3,(H,18,19). The number of hydrogen-bond donors (Lipinski definition) is 3. The zero-order valence-corrected chi connectivity index (χ0v) is 28.2. The second kappa shape index (κ2) is 24.6. The first-order chi connectivity index (χ1) is 21.4. The Balaban J connectivity index is 0.000000884. The fourth-order valence-electron chi connectivity index (χ4n) is 4.32. The molecule has 3 amide bonds. The van der Waals surface area contributed by atoms with Gasteiger partial charge in [-0.05, 0) is 78.2 Å². The Morgan fingerprint density at radius 1 is 0.956 bits per heavy atom. The van der Waals surface area contributed by atoms with Crippen LogP contribution in [0, 0.1) is 0 Å². The summed E-state index contributed by atoms with van der Waals surface area (Å²) in [5, 5.41) is 8.50. The van der Waals surface area contributed by atoms with Crippen molar-refractivity contribution in [1.29, 1.82) is 0 Å². The number of unbranched alkanes of at least 4 members (excludes halogenated alkanes) is 7. The number of carbonyl (C=O) groups excluding carboxylic acids is 5. The molecule has 1 rings (SSSR count). The Bertz CT molecular complexity index is 1040. The first-order valence-corrected chi connectivity index (χ1v) is 15.8. The average molecular weight is 633 g/mol. The van der Waals surface area contributed by atoms with Crippen molar-refractivity contribution in [3.63, 3.8) is 0 Å². The van der Waals surface area contributed by atoms with Gasteiger partial charge < -0.3 is 30.3 Å². The lowest BCUT2D eigenvalue weighted by atomic mass is 10.0. The summed E-state index contributed by atoms with van der Waals surface area (Å²) in [6.45, 7) is 11.0. The fourth-order valence-corrected chi connectivity index (χ4v) is 4.32. The maximum atomic E-state index is 12.7. The predicted octanol–water partition coefficient (Wildman–Crippen LogP) is 5.08. The molecule has 1 aromatic rings. The minimum absolute atomic E-state index is 0.125. The van der Waals surface area contributed by atoms with Gasteiger partial charge in [-0.1, -0.05) is 44.6 Å². The van der Waals surface area contributed by atoms with Crippen molar-refractivity contribution < 1.29 is 33.4 Å². The van der Waals surface area contributed by atoms with Crippen LogP contribution in [-0.4, -0.2) is 87.9 Å². The first-order valence-electron chi connectivity index (χ1n) is 15.8. The minimum atomic E-state index is -0.680. The lowest BCUT2D eigenvalue weighted by Crippen LogP contribution is -2.47. The van der Waals surface area contributed by atoms with Crippen LogP contribution in [0.4, 0.5) is 4.79 Å². The van der Waals surface area contributed by atoms with Crippen LogP contribution in [0.3, 0.4) is 0 Å². The van der Waals surface area contributed by atoms with Gasteiger partial charge in [0, 0.05) is 26.2 Å². The van der Waals surface area contributed by atoms with E-state index in [1.807, 2.05) is 27.8 Å². The number of nitrogens with one attached hydrogen (secondary N) is 3. The highest BCUT2D eigenvalue weighted by atomic mass is 16.6. The van der Waals surface area contributed by atoms with E-state index in [0.29, 0.717) is 31.2 Å². The molecule has 0 spiro atoms. The average Bonchev–Trinajstić information content (AvgIpc) is 3.01. The summed E-state index contributed by atoms with van der Waals surface area (Å²) in [5.74, 6) is -0.444. The van der Waals surface area contributed by atoms with E-state index in [1.165, 1.54) is 82.1 Å². The Kier molecular flexibility index (Phi) is 22.5. The summed E-state index contributed by atoms with van der Waals surface area (Å²) in [4.78, 5) is 59.2. The molecule has 1 aromatic carbocycles. The van der Waals surface area contributed by atoms with Crippen LogP contribution in [0.25, 0.3) is 0 Å². The molecule has 45 heavy (non-hydrogen) atoms. The number of alkyl carbamates (subject to hydrolysis) is 1. The maximum Gasteiger partial charge on any atom is 0.407 e. The van der Waals surface area contributed by atoms with Crippen molar-refractivity contribution in [3.8, 4) is 5.75 Å². The molecule has 0 bridgehead atoms. The summed E-state index contributed by atoms with van der Waals surface area (Å²) in [7, 11) is 5.01. The number of benzene rings is 1. The van der Waals surface area contributed by atoms with Crippen LogP contribution in [0.1, 0.15) is 106 Å². The van der Waals surface area contributed by atoms with Crippen LogP contribution in [-0.2, 0) is 14.3 Å². The number of hydrogen-bond acceptors (Lipinski definition) is 8. The van der Waals surface area contributed by atoms with Gasteiger partial charge in [-0.2, -0.15) is 0 Å². The molecule has 0 aliphatic heterocycles. The third-order valence-electron chi connectivity index (χ3n) is 6.70. The quantitative estimate of drug-likeness (QED) is 0.0968. The van der Waals surface area contributed by atoms with Crippen LogP contribution in [0.2, 0.25) is 0 Å². The number of allylic oxidation sites excluding steroid dienone is 1. The molecule has 254 valence electrons. The molecule has 0 aliphatic carbocycles. The van der Waals surface area contributed by atoms with Crippen molar-refractivity contribution in [1.82, 2.24) is 20.9 Å². The van der Waals surface area contributed by atoms with Gasteiger partial charge >= 0.3 is 6.09 Å². The number of aldehydes is 2. The second-order valence-electron chi connectivity index (χ2n) is 11.6. The van der Waals surface area contributed by atoms with Gasteiger partial charge in [0.05, 0.1) is 5.56 Å². The highest BCUT2D eigenvalue weighted by molar-refractivity contribution is 6.03. The van der Waals surface area contributed by atoms with E-state index in [1.54, 1.807) is 6.08 Å². The molecule has 0 aliphatic rings. The van der Waals surface area contributed by atoms with Crippen molar-refractivity contribution >= 4 is 30.5 Å². The Morgan fingerprint density at radius 3 is 2.07 bits per heavy atom. The maximum absolute atomic E-state index is 12.7. The zero-order chi connectivity index (χ0) is 34.1. The Labute approximate surface area is 269 Å². The highest BCUT2D eigenvalue weighted by Crippen LogP contribution is 2.20. The van der Waals surface area contributed by atoms with Gasteiger partial charge in [0.25, 0.3) is 5.91 Å². The van der Waals surface area contributed by atoms with Crippen LogP contribution < -0.4 is 20.7 Å². The minimum Gasteiger partial charge on any atom is -0.486 e. The number of carbonyl (C=O) groups is 5.